The number of aliphatic carboxylic acids is 1. The third-order valence-corrected chi connectivity index (χ3v) is 5.33. The number of carboxylic acids is 1. The molecule has 1 aliphatic carbocycles. The van der Waals surface area contributed by atoms with E-state index >= 15 is 0 Å². The van der Waals surface area contributed by atoms with E-state index in [1.807, 2.05) is 0 Å². The van der Waals surface area contributed by atoms with Crippen LogP contribution >= 0.6 is 11.6 Å². The Bertz CT molecular complexity index is 651. The first-order chi connectivity index (χ1) is 12.5. The van der Waals surface area contributed by atoms with Gasteiger partial charge in [0.25, 0.3) is 0 Å². The van der Waals surface area contributed by atoms with Crippen LogP contribution in [0.5, 0.6) is 5.75 Å². The highest BCUT2D eigenvalue weighted by Crippen LogP contribution is 2.33. The van der Waals surface area contributed by atoms with Crippen molar-refractivity contribution in [1.29, 1.82) is 0 Å². The molecule has 1 aliphatic heterocycles. The first-order valence-corrected chi connectivity index (χ1v) is 9.48. The Morgan fingerprint density at radius 3 is 2.58 bits per heavy atom. The fourth-order valence-corrected chi connectivity index (χ4v) is 3.69. The minimum Gasteiger partial charge on any atom is -0.489 e. The number of carbonyl (C=O) groups excluding carboxylic acids is 1. The highest BCUT2D eigenvalue weighted by atomic mass is 35.5. The summed E-state index contributed by atoms with van der Waals surface area (Å²) in [5.41, 5.74) is 0.542. The molecule has 1 aromatic rings. The lowest BCUT2D eigenvalue weighted by Crippen LogP contribution is -2.29. The number of hydrogen-bond donors (Lipinski definition) is 2. The van der Waals surface area contributed by atoms with E-state index in [4.69, 9.17) is 26.2 Å². The van der Waals surface area contributed by atoms with Gasteiger partial charge in [0.2, 0.25) is 5.91 Å². The van der Waals surface area contributed by atoms with Crippen LogP contribution in [0, 0.1) is 11.8 Å². The van der Waals surface area contributed by atoms with Gasteiger partial charge >= 0.3 is 5.97 Å². The van der Waals surface area contributed by atoms with E-state index in [0.29, 0.717) is 48.7 Å². The quantitative estimate of drug-likeness (QED) is 0.784. The van der Waals surface area contributed by atoms with Crippen molar-refractivity contribution in [3.63, 3.8) is 0 Å². The van der Waals surface area contributed by atoms with Gasteiger partial charge in [-0.1, -0.05) is 11.6 Å². The highest BCUT2D eigenvalue weighted by molar-refractivity contribution is 6.31. The average Bonchev–Trinajstić information content (AvgIpc) is 3.14. The molecule has 1 amide bonds. The van der Waals surface area contributed by atoms with Crippen molar-refractivity contribution in [2.45, 2.75) is 44.6 Å². The largest absolute Gasteiger partial charge is 0.489 e. The number of rotatable bonds is 6. The van der Waals surface area contributed by atoms with Gasteiger partial charge in [-0.15, -0.1) is 0 Å². The standard InChI is InChI=1S/C19H24ClNO5/c20-14-7-8-17(26-11-15-2-1-9-25-15)16(10-14)21-18(22)12-3-5-13(6-4-12)19(23)24/h7-8,10,12-13,15H,1-6,9,11H2,(H,21,22)(H,23,24). The first-order valence-electron chi connectivity index (χ1n) is 9.10. The maximum absolute atomic E-state index is 12.6. The second-order valence-corrected chi connectivity index (χ2v) is 7.40. The molecule has 142 valence electrons. The van der Waals surface area contributed by atoms with Crippen molar-refractivity contribution in [2.75, 3.05) is 18.5 Å². The lowest BCUT2D eigenvalue weighted by atomic mass is 9.81. The molecule has 2 fully saturated rings. The summed E-state index contributed by atoms with van der Waals surface area (Å²) in [4.78, 5) is 23.6. The summed E-state index contributed by atoms with van der Waals surface area (Å²) < 4.78 is 11.4. The summed E-state index contributed by atoms with van der Waals surface area (Å²) in [5.74, 6) is -0.842. The molecule has 6 nitrogen and oxygen atoms in total. The zero-order chi connectivity index (χ0) is 18.5. The molecule has 1 saturated carbocycles. The lowest BCUT2D eigenvalue weighted by Gasteiger charge is -2.25. The van der Waals surface area contributed by atoms with Gasteiger partial charge < -0.3 is 19.9 Å². The van der Waals surface area contributed by atoms with Crippen LogP contribution in [0.1, 0.15) is 38.5 Å². The fourth-order valence-electron chi connectivity index (χ4n) is 3.52. The number of ether oxygens (including phenoxy) is 2. The zero-order valence-corrected chi connectivity index (χ0v) is 15.3. The molecule has 1 atom stereocenters. The fraction of sp³-hybridized carbons (Fsp3) is 0.579. The molecule has 0 spiro atoms. The van der Waals surface area contributed by atoms with Gasteiger partial charge in [0, 0.05) is 17.5 Å². The minimum atomic E-state index is -0.775. The summed E-state index contributed by atoms with van der Waals surface area (Å²) in [5, 5.41) is 12.5. The van der Waals surface area contributed by atoms with Crippen molar-refractivity contribution in [3.8, 4) is 5.75 Å². The molecule has 0 aromatic heterocycles. The van der Waals surface area contributed by atoms with E-state index in [2.05, 4.69) is 5.32 Å². The molecular weight excluding hydrogens is 358 g/mol. The van der Waals surface area contributed by atoms with Crippen molar-refractivity contribution in [1.82, 2.24) is 0 Å². The smallest absolute Gasteiger partial charge is 0.306 e. The monoisotopic (exact) mass is 381 g/mol. The summed E-state index contributed by atoms with van der Waals surface area (Å²) in [6.45, 7) is 1.20. The Morgan fingerprint density at radius 2 is 1.92 bits per heavy atom. The van der Waals surface area contributed by atoms with Gasteiger partial charge in [-0.25, -0.2) is 0 Å². The van der Waals surface area contributed by atoms with E-state index < -0.39 is 5.97 Å². The van der Waals surface area contributed by atoms with Crippen molar-refractivity contribution >= 4 is 29.2 Å². The molecule has 0 bridgehead atoms. The van der Waals surface area contributed by atoms with E-state index in [1.54, 1.807) is 18.2 Å². The van der Waals surface area contributed by atoms with Gasteiger partial charge in [-0.3, -0.25) is 9.59 Å². The van der Waals surface area contributed by atoms with E-state index in [1.165, 1.54) is 0 Å². The number of benzene rings is 1. The van der Waals surface area contributed by atoms with Gasteiger partial charge in [-0.2, -0.15) is 0 Å². The van der Waals surface area contributed by atoms with Crippen molar-refractivity contribution in [2.24, 2.45) is 11.8 Å². The molecule has 7 heteroatoms. The Balaban J connectivity index is 1.60. The molecule has 26 heavy (non-hydrogen) atoms. The zero-order valence-electron chi connectivity index (χ0n) is 14.6. The predicted octanol–water partition coefficient (Wildman–Crippen LogP) is 3.73. The number of carbonyl (C=O) groups is 2. The van der Waals surface area contributed by atoms with Gasteiger partial charge in [0.05, 0.1) is 17.7 Å². The van der Waals surface area contributed by atoms with Crippen LogP contribution in [0.15, 0.2) is 18.2 Å². The second kappa shape index (κ2) is 8.73. The predicted molar refractivity (Wildman–Crippen MR) is 97.6 cm³/mol. The highest BCUT2D eigenvalue weighted by Gasteiger charge is 2.30. The second-order valence-electron chi connectivity index (χ2n) is 6.96. The normalized spacial score (nSPS) is 25.7. The number of halogens is 1. The third kappa shape index (κ3) is 4.89. The minimum absolute atomic E-state index is 0.0838. The molecule has 2 aliphatic rings. The molecule has 0 radical (unpaired) electrons. The van der Waals surface area contributed by atoms with Crippen LogP contribution < -0.4 is 10.1 Å². The van der Waals surface area contributed by atoms with Gasteiger partial charge in [0.1, 0.15) is 12.4 Å². The maximum Gasteiger partial charge on any atom is 0.306 e. The maximum atomic E-state index is 12.6. The van der Waals surface area contributed by atoms with E-state index in [-0.39, 0.29) is 23.8 Å². The van der Waals surface area contributed by atoms with Gasteiger partial charge in [0.15, 0.2) is 0 Å². The Labute approximate surface area is 157 Å². The Kier molecular flexibility index (Phi) is 6.38. The van der Waals surface area contributed by atoms with Crippen LogP contribution in [0.2, 0.25) is 5.02 Å². The molecule has 3 rings (SSSR count). The van der Waals surface area contributed by atoms with Crippen molar-refractivity contribution in [3.05, 3.63) is 23.2 Å². The summed E-state index contributed by atoms with van der Waals surface area (Å²) in [6.07, 6.45) is 4.32. The Hall–Kier alpha value is -1.79. The number of nitrogens with one attached hydrogen (secondary N) is 1. The number of amides is 1. The molecule has 1 heterocycles. The SMILES string of the molecule is O=C(O)C1CCC(C(=O)Nc2cc(Cl)ccc2OCC2CCCO2)CC1. The molecule has 1 saturated heterocycles. The van der Waals surface area contributed by atoms with Crippen LogP contribution in [-0.2, 0) is 14.3 Å². The van der Waals surface area contributed by atoms with Crippen LogP contribution in [-0.4, -0.2) is 36.3 Å². The van der Waals surface area contributed by atoms with Crippen LogP contribution in [0.4, 0.5) is 5.69 Å². The van der Waals surface area contributed by atoms with Crippen molar-refractivity contribution < 1.29 is 24.2 Å². The lowest BCUT2D eigenvalue weighted by molar-refractivity contribution is -0.143. The van der Waals surface area contributed by atoms with Crippen LogP contribution in [0.25, 0.3) is 0 Å². The van der Waals surface area contributed by atoms with E-state index in [0.717, 1.165) is 19.4 Å². The Morgan fingerprint density at radius 1 is 1.19 bits per heavy atom. The van der Waals surface area contributed by atoms with Gasteiger partial charge in [-0.05, 0) is 56.7 Å². The number of carboxylic acid groups (broad SMARTS) is 1. The number of anilines is 1. The third-order valence-electron chi connectivity index (χ3n) is 5.10. The first kappa shape index (κ1) is 19.0. The number of hydrogen-bond acceptors (Lipinski definition) is 4. The average molecular weight is 382 g/mol. The molecule has 2 N–H and O–H groups in total. The topological polar surface area (TPSA) is 84.9 Å². The summed E-state index contributed by atoms with van der Waals surface area (Å²) in [7, 11) is 0. The summed E-state index contributed by atoms with van der Waals surface area (Å²) >= 11 is 6.07. The molecule has 1 unspecified atom stereocenters. The molecular formula is C19H24ClNO5. The van der Waals surface area contributed by atoms with Crippen LogP contribution in [0.3, 0.4) is 0 Å². The summed E-state index contributed by atoms with van der Waals surface area (Å²) in [6, 6.07) is 5.14. The van der Waals surface area contributed by atoms with E-state index in [9.17, 15) is 9.59 Å². The molecule has 1 aromatic carbocycles.